The molecular formula is C26H30N4O5S. The van der Waals surface area contributed by atoms with Gasteiger partial charge < -0.3 is 14.6 Å². The number of carbonyl (C=O) groups excluding carboxylic acids is 1. The molecule has 2 N–H and O–H groups in total. The Labute approximate surface area is 210 Å². The first-order valence-corrected chi connectivity index (χ1v) is 13.1. The van der Waals surface area contributed by atoms with E-state index in [9.17, 15) is 18.0 Å². The third-order valence-corrected chi connectivity index (χ3v) is 8.35. The number of aryl methyl sites for hydroxylation is 1. The van der Waals surface area contributed by atoms with Crippen LogP contribution in [-0.4, -0.2) is 43.5 Å². The number of aromatic nitrogens is 2. The van der Waals surface area contributed by atoms with Gasteiger partial charge in [-0.3, -0.25) is 9.59 Å². The molecule has 0 bridgehead atoms. The Balaban J connectivity index is 1.83. The number of carbonyl (C=O) groups is 1. The molecule has 4 rings (SSSR count). The van der Waals surface area contributed by atoms with Crippen molar-refractivity contribution in [3.8, 4) is 17.0 Å². The van der Waals surface area contributed by atoms with E-state index in [2.05, 4.69) is 25.8 Å². The van der Waals surface area contributed by atoms with E-state index < -0.39 is 26.4 Å². The molecule has 1 atom stereocenters. The number of nitrogens with zero attached hydrogens (tertiary/aromatic N) is 2. The predicted molar refractivity (Wildman–Crippen MR) is 138 cm³/mol. The van der Waals surface area contributed by atoms with Gasteiger partial charge in [0.05, 0.1) is 18.4 Å². The van der Waals surface area contributed by atoms with E-state index in [1.54, 1.807) is 19.2 Å². The van der Waals surface area contributed by atoms with Crippen molar-refractivity contribution in [3.05, 3.63) is 70.1 Å². The van der Waals surface area contributed by atoms with Crippen LogP contribution in [0.2, 0.25) is 0 Å². The molecule has 2 aromatic heterocycles. The minimum absolute atomic E-state index is 0.100. The van der Waals surface area contributed by atoms with Crippen LogP contribution in [0.3, 0.4) is 0 Å². The van der Waals surface area contributed by atoms with Gasteiger partial charge in [-0.2, -0.15) is 0 Å². The molecular weight excluding hydrogens is 480 g/mol. The highest BCUT2D eigenvalue weighted by Crippen LogP contribution is 2.40. The van der Waals surface area contributed by atoms with Crippen molar-refractivity contribution in [3.63, 3.8) is 0 Å². The zero-order valence-electron chi connectivity index (χ0n) is 21.0. The van der Waals surface area contributed by atoms with Crippen molar-refractivity contribution in [2.75, 3.05) is 18.6 Å². The van der Waals surface area contributed by atoms with Crippen LogP contribution in [0.1, 0.15) is 43.1 Å². The molecule has 0 saturated carbocycles. The van der Waals surface area contributed by atoms with Crippen LogP contribution in [0.4, 0.5) is 5.82 Å². The number of hydrogen-bond acceptors (Lipinski definition) is 7. The number of hydrogen-bond donors (Lipinski definition) is 2. The highest BCUT2D eigenvalue weighted by Gasteiger charge is 2.41. The Morgan fingerprint density at radius 2 is 1.97 bits per heavy atom. The number of anilines is 1. The Bertz CT molecular complexity index is 1480. The Morgan fingerprint density at radius 1 is 1.22 bits per heavy atom. The van der Waals surface area contributed by atoms with Gasteiger partial charge in [0.2, 0.25) is 0 Å². The maximum atomic E-state index is 13.3. The lowest BCUT2D eigenvalue weighted by Gasteiger charge is -2.36. The summed E-state index contributed by atoms with van der Waals surface area (Å²) >= 11 is 0. The summed E-state index contributed by atoms with van der Waals surface area (Å²) in [5.41, 5.74) is 1.34. The molecule has 1 amide bonds. The van der Waals surface area contributed by atoms with Crippen LogP contribution >= 0.6 is 0 Å². The summed E-state index contributed by atoms with van der Waals surface area (Å²) in [6.07, 6.45) is 2.21. The van der Waals surface area contributed by atoms with Crippen molar-refractivity contribution in [1.82, 2.24) is 14.7 Å². The number of aromatic amines is 1. The summed E-state index contributed by atoms with van der Waals surface area (Å²) in [4.78, 5) is 34.1. The quantitative estimate of drug-likeness (QED) is 0.521. The van der Waals surface area contributed by atoms with Gasteiger partial charge in [-0.25, -0.2) is 18.1 Å². The number of pyridine rings is 2. The number of amides is 1. The van der Waals surface area contributed by atoms with E-state index in [1.165, 1.54) is 12.3 Å². The van der Waals surface area contributed by atoms with Crippen molar-refractivity contribution >= 4 is 21.7 Å². The number of rotatable bonds is 6. The fraction of sp³-hybridized carbons (Fsp3) is 0.346. The lowest BCUT2D eigenvalue weighted by Crippen LogP contribution is -2.44. The van der Waals surface area contributed by atoms with Gasteiger partial charge in [-0.1, -0.05) is 18.6 Å². The minimum atomic E-state index is -4.41. The van der Waals surface area contributed by atoms with Crippen molar-refractivity contribution in [1.29, 1.82) is 0 Å². The predicted octanol–water partition coefficient (Wildman–Crippen LogP) is 3.50. The van der Waals surface area contributed by atoms with E-state index in [4.69, 9.17) is 9.72 Å². The molecule has 0 radical (unpaired) electrons. The van der Waals surface area contributed by atoms with E-state index >= 15 is 0 Å². The molecule has 9 nitrogen and oxygen atoms in total. The van der Waals surface area contributed by atoms with Gasteiger partial charge in [0.15, 0.2) is 4.90 Å². The number of ether oxygens (including phenoxy) is 1. The number of benzene rings is 1. The summed E-state index contributed by atoms with van der Waals surface area (Å²) < 4.78 is 33.3. The lowest BCUT2D eigenvalue weighted by molar-refractivity contribution is 0.0981. The van der Waals surface area contributed by atoms with Crippen molar-refractivity contribution in [2.24, 2.45) is 5.92 Å². The second kappa shape index (κ2) is 9.42. The molecule has 1 aliphatic heterocycles. The van der Waals surface area contributed by atoms with Crippen LogP contribution in [0.15, 0.2) is 58.4 Å². The smallest absolute Gasteiger partial charge is 0.269 e. The first-order chi connectivity index (χ1) is 17.0. The number of H-pyrrole nitrogens is 1. The standard InChI is InChI=1S/C26H30N4O5S/c1-16-8-11-21(35-5)19(15-16)20-10-9-18(23(28-20)30-14-12-17(2)26(30,3)4)24(31)29-36(33,34)22-7-6-13-27-25(22)32/h6-11,13,15,17H,12,14H2,1-5H3,(H,27,32)(H,29,31). The van der Waals surface area contributed by atoms with E-state index in [-0.39, 0.29) is 11.1 Å². The molecule has 0 aliphatic carbocycles. The zero-order valence-corrected chi connectivity index (χ0v) is 21.8. The molecule has 3 aromatic rings. The fourth-order valence-corrected chi connectivity index (χ4v) is 5.49. The molecule has 10 heteroatoms. The molecule has 0 spiro atoms. The largest absolute Gasteiger partial charge is 0.496 e. The van der Waals surface area contributed by atoms with Crippen LogP contribution in [-0.2, 0) is 10.0 Å². The van der Waals surface area contributed by atoms with Gasteiger partial charge in [0, 0.05) is 23.8 Å². The average Bonchev–Trinajstić information content (AvgIpc) is 3.10. The second-order valence-electron chi connectivity index (χ2n) is 9.56. The Morgan fingerprint density at radius 3 is 2.61 bits per heavy atom. The third kappa shape index (κ3) is 4.60. The van der Waals surface area contributed by atoms with Crippen LogP contribution in [0.25, 0.3) is 11.3 Å². The normalized spacial score (nSPS) is 17.1. The second-order valence-corrected chi connectivity index (χ2v) is 11.2. The molecule has 1 saturated heterocycles. The van der Waals surface area contributed by atoms with Crippen molar-refractivity contribution < 1.29 is 17.9 Å². The SMILES string of the molecule is COc1ccc(C)cc1-c1ccc(C(=O)NS(=O)(=O)c2ccc[nH]c2=O)c(N2CCC(C)C2(C)C)n1. The highest BCUT2D eigenvalue weighted by molar-refractivity contribution is 7.90. The van der Waals surface area contributed by atoms with Gasteiger partial charge >= 0.3 is 0 Å². The molecule has 1 aliphatic rings. The summed E-state index contributed by atoms with van der Waals surface area (Å²) in [5.74, 6) is 0.467. The Kier molecular flexibility index (Phi) is 6.66. The number of nitrogens with one attached hydrogen (secondary N) is 2. The van der Waals surface area contributed by atoms with Gasteiger partial charge in [-0.05, 0) is 69.5 Å². The fourth-order valence-electron chi connectivity index (χ4n) is 4.46. The number of methoxy groups -OCH3 is 1. The molecule has 1 unspecified atom stereocenters. The maximum absolute atomic E-state index is 13.3. The lowest BCUT2D eigenvalue weighted by atomic mass is 9.90. The van der Waals surface area contributed by atoms with Gasteiger partial charge in [0.1, 0.15) is 11.6 Å². The topological polar surface area (TPSA) is 121 Å². The molecule has 1 fully saturated rings. The Hall–Kier alpha value is -3.66. The van der Waals surface area contributed by atoms with E-state index in [0.29, 0.717) is 29.7 Å². The van der Waals surface area contributed by atoms with Crippen LogP contribution < -0.4 is 19.9 Å². The summed E-state index contributed by atoms with van der Waals surface area (Å²) in [5, 5.41) is 0. The summed E-state index contributed by atoms with van der Waals surface area (Å²) in [6.45, 7) is 8.91. The van der Waals surface area contributed by atoms with E-state index in [1.807, 2.05) is 34.7 Å². The monoisotopic (exact) mass is 510 g/mol. The molecule has 3 heterocycles. The van der Waals surface area contributed by atoms with Crippen LogP contribution in [0, 0.1) is 12.8 Å². The minimum Gasteiger partial charge on any atom is -0.496 e. The van der Waals surface area contributed by atoms with Crippen LogP contribution in [0.5, 0.6) is 5.75 Å². The first-order valence-electron chi connectivity index (χ1n) is 11.6. The highest BCUT2D eigenvalue weighted by atomic mass is 32.2. The third-order valence-electron chi connectivity index (χ3n) is 6.99. The van der Waals surface area contributed by atoms with Gasteiger partial charge in [0.25, 0.3) is 21.5 Å². The molecule has 190 valence electrons. The van der Waals surface area contributed by atoms with Gasteiger partial charge in [-0.15, -0.1) is 0 Å². The zero-order chi connectivity index (χ0) is 26.3. The summed E-state index contributed by atoms with van der Waals surface area (Å²) in [6, 6.07) is 11.5. The number of sulfonamides is 1. The molecule has 1 aromatic carbocycles. The average molecular weight is 511 g/mol. The van der Waals surface area contributed by atoms with E-state index in [0.717, 1.165) is 23.6 Å². The maximum Gasteiger partial charge on any atom is 0.269 e. The first kappa shape index (κ1) is 25.4. The summed E-state index contributed by atoms with van der Waals surface area (Å²) in [7, 11) is -2.82. The van der Waals surface area contributed by atoms with Crippen molar-refractivity contribution in [2.45, 2.75) is 44.6 Å². The molecule has 36 heavy (non-hydrogen) atoms.